The van der Waals surface area contributed by atoms with Crippen LogP contribution in [-0.4, -0.2) is 12.6 Å². The molecule has 0 unspecified atom stereocenters. The number of halogens is 2. The first-order chi connectivity index (χ1) is 10.1. The van der Waals surface area contributed by atoms with Crippen molar-refractivity contribution in [3.8, 4) is 11.5 Å². The number of benzene rings is 2. The Morgan fingerprint density at radius 2 is 2.00 bits per heavy atom. The Hall–Kier alpha value is -2.33. The molecule has 0 saturated heterocycles. The van der Waals surface area contributed by atoms with Crippen LogP contribution in [0.4, 0.5) is 4.39 Å². The summed E-state index contributed by atoms with van der Waals surface area (Å²) in [6, 6.07) is 9.25. The normalized spacial score (nSPS) is 12.9. The molecule has 1 aliphatic rings. The van der Waals surface area contributed by atoms with Crippen LogP contribution in [0.2, 0.25) is 5.02 Å². The van der Waals surface area contributed by atoms with Gasteiger partial charge in [-0.05, 0) is 42.5 Å². The Bertz CT molecular complexity index is 720. The molecule has 0 amide bonds. The molecule has 0 spiro atoms. The van der Waals surface area contributed by atoms with Crippen molar-refractivity contribution in [2.75, 3.05) is 6.79 Å². The minimum absolute atomic E-state index is 0.146. The molecule has 0 aromatic heterocycles. The monoisotopic (exact) mass is 304 g/mol. The molecule has 106 valence electrons. The number of allylic oxidation sites excluding steroid dienone is 1. The van der Waals surface area contributed by atoms with Gasteiger partial charge in [0, 0.05) is 11.1 Å². The van der Waals surface area contributed by atoms with Crippen molar-refractivity contribution in [2.45, 2.75) is 0 Å². The molecule has 21 heavy (non-hydrogen) atoms. The maximum absolute atomic E-state index is 13.6. The quantitative estimate of drug-likeness (QED) is 0.632. The molecule has 0 saturated carbocycles. The zero-order chi connectivity index (χ0) is 14.8. The molecule has 2 aromatic rings. The van der Waals surface area contributed by atoms with Crippen molar-refractivity contribution in [3.63, 3.8) is 0 Å². The summed E-state index contributed by atoms with van der Waals surface area (Å²) in [6.45, 7) is 0.146. The van der Waals surface area contributed by atoms with Gasteiger partial charge < -0.3 is 9.47 Å². The molecule has 0 bridgehead atoms. The molecule has 0 N–H and O–H groups in total. The molecular formula is C16H10ClFO3. The highest BCUT2D eigenvalue weighted by Crippen LogP contribution is 2.32. The SMILES string of the molecule is O=C(/C=C/c1c(F)cccc1Cl)c1ccc2c(c1)OCO2. The van der Waals surface area contributed by atoms with Gasteiger partial charge in [0.25, 0.3) is 0 Å². The van der Waals surface area contributed by atoms with Crippen molar-refractivity contribution in [1.29, 1.82) is 0 Å². The van der Waals surface area contributed by atoms with Gasteiger partial charge in [0.05, 0.1) is 5.02 Å². The van der Waals surface area contributed by atoms with E-state index in [2.05, 4.69) is 0 Å². The number of ketones is 1. The van der Waals surface area contributed by atoms with Gasteiger partial charge in [-0.2, -0.15) is 0 Å². The molecule has 0 aliphatic carbocycles. The van der Waals surface area contributed by atoms with Gasteiger partial charge in [-0.15, -0.1) is 0 Å². The van der Waals surface area contributed by atoms with Gasteiger partial charge in [0.15, 0.2) is 17.3 Å². The van der Waals surface area contributed by atoms with Crippen LogP contribution in [0.5, 0.6) is 11.5 Å². The van der Waals surface area contributed by atoms with Crippen LogP contribution in [-0.2, 0) is 0 Å². The van der Waals surface area contributed by atoms with Gasteiger partial charge in [0.1, 0.15) is 5.82 Å². The fourth-order valence-corrected chi connectivity index (χ4v) is 2.20. The van der Waals surface area contributed by atoms with Gasteiger partial charge in [-0.1, -0.05) is 17.7 Å². The highest BCUT2D eigenvalue weighted by Gasteiger charge is 2.15. The third-order valence-electron chi connectivity index (χ3n) is 3.06. The van der Waals surface area contributed by atoms with Crippen molar-refractivity contribution in [3.05, 3.63) is 64.4 Å². The van der Waals surface area contributed by atoms with E-state index in [1.54, 1.807) is 24.3 Å². The lowest BCUT2D eigenvalue weighted by molar-refractivity contribution is 0.104. The minimum atomic E-state index is -0.475. The average molecular weight is 305 g/mol. The van der Waals surface area contributed by atoms with Crippen LogP contribution in [0.15, 0.2) is 42.5 Å². The molecular weight excluding hydrogens is 295 g/mol. The second-order valence-corrected chi connectivity index (χ2v) is 4.81. The van der Waals surface area contributed by atoms with Crippen molar-refractivity contribution >= 4 is 23.5 Å². The average Bonchev–Trinajstić information content (AvgIpc) is 2.93. The molecule has 1 aliphatic heterocycles. The first-order valence-corrected chi connectivity index (χ1v) is 6.59. The standard InChI is InChI=1S/C16H10ClFO3/c17-12-2-1-3-13(18)11(12)5-6-14(19)10-4-7-15-16(8-10)21-9-20-15/h1-8H,9H2/b6-5+. The number of carbonyl (C=O) groups is 1. The summed E-state index contributed by atoms with van der Waals surface area (Å²) in [7, 11) is 0. The van der Waals surface area contributed by atoms with E-state index in [-0.39, 0.29) is 23.2 Å². The second kappa shape index (κ2) is 5.58. The second-order valence-electron chi connectivity index (χ2n) is 4.40. The molecule has 5 heteroatoms. The van der Waals surface area contributed by atoms with E-state index >= 15 is 0 Å². The van der Waals surface area contributed by atoms with Crippen LogP contribution in [0, 0.1) is 5.82 Å². The van der Waals surface area contributed by atoms with Gasteiger partial charge in [-0.25, -0.2) is 4.39 Å². The van der Waals surface area contributed by atoms with E-state index in [0.717, 1.165) is 0 Å². The number of hydrogen-bond donors (Lipinski definition) is 0. The number of fused-ring (bicyclic) bond motifs is 1. The molecule has 3 nitrogen and oxygen atoms in total. The molecule has 0 fully saturated rings. The molecule has 0 atom stereocenters. The third kappa shape index (κ3) is 2.76. The van der Waals surface area contributed by atoms with E-state index in [4.69, 9.17) is 21.1 Å². The van der Waals surface area contributed by atoms with Gasteiger partial charge in [0.2, 0.25) is 6.79 Å². The molecule has 3 rings (SSSR count). The first-order valence-electron chi connectivity index (χ1n) is 6.21. The van der Waals surface area contributed by atoms with Crippen LogP contribution in [0.25, 0.3) is 6.08 Å². The maximum atomic E-state index is 13.6. The summed E-state index contributed by atoms with van der Waals surface area (Å²) in [5.41, 5.74) is 0.622. The first kappa shape index (κ1) is 13.6. The predicted molar refractivity (Wildman–Crippen MR) is 77.3 cm³/mol. The van der Waals surface area contributed by atoms with Gasteiger partial charge in [-0.3, -0.25) is 4.79 Å². The number of rotatable bonds is 3. The van der Waals surface area contributed by atoms with E-state index in [9.17, 15) is 9.18 Å². The Morgan fingerprint density at radius 1 is 1.19 bits per heavy atom. The zero-order valence-corrected chi connectivity index (χ0v) is 11.6. The van der Waals surface area contributed by atoms with Crippen LogP contribution in [0.3, 0.4) is 0 Å². The summed E-state index contributed by atoms with van der Waals surface area (Å²) < 4.78 is 24.0. The lowest BCUT2D eigenvalue weighted by Crippen LogP contribution is -1.95. The lowest BCUT2D eigenvalue weighted by atomic mass is 10.1. The lowest BCUT2D eigenvalue weighted by Gasteiger charge is -2.01. The van der Waals surface area contributed by atoms with Gasteiger partial charge >= 0.3 is 0 Å². The largest absolute Gasteiger partial charge is 0.454 e. The summed E-state index contributed by atoms with van der Waals surface area (Å²) in [5.74, 6) is 0.385. The van der Waals surface area contributed by atoms with Crippen molar-refractivity contribution < 1.29 is 18.7 Å². The predicted octanol–water partition coefficient (Wildman–Crippen LogP) is 4.10. The smallest absolute Gasteiger partial charge is 0.231 e. The van der Waals surface area contributed by atoms with Crippen molar-refractivity contribution in [1.82, 2.24) is 0 Å². The summed E-state index contributed by atoms with van der Waals surface area (Å²) in [4.78, 5) is 12.1. The minimum Gasteiger partial charge on any atom is -0.454 e. The number of hydrogen-bond acceptors (Lipinski definition) is 3. The van der Waals surface area contributed by atoms with Crippen LogP contribution in [0.1, 0.15) is 15.9 Å². The summed E-state index contributed by atoms with van der Waals surface area (Å²) in [5, 5.41) is 0.254. The molecule has 0 radical (unpaired) electrons. The Morgan fingerprint density at radius 3 is 2.81 bits per heavy atom. The van der Waals surface area contributed by atoms with E-state index in [0.29, 0.717) is 17.1 Å². The fraction of sp³-hybridized carbons (Fsp3) is 0.0625. The maximum Gasteiger partial charge on any atom is 0.231 e. The molecule has 1 heterocycles. The van der Waals surface area contributed by atoms with Crippen LogP contribution >= 0.6 is 11.6 Å². The molecule has 2 aromatic carbocycles. The Balaban J connectivity index is 1.85. The highest BCUT2D eigenvalue weighted by atomic mass is 35.5. The number of carbonyl (C=O) groups excluding carboxylic acids is 1. The van der Waals surface area contributed by atoms with E-state index in [1.165, 1.54) is 24.3 Å². The third-order valence-corrected chi connectivity index (χ3v) is 3.39. The van der Waals surface area contributed by atoms with E-state index in [1.807, 2.05) is 0 Å². The van der Waals surface area contributed by atoms with E-state index < -0.39 is 5.82 Å². The summed E-state index contributed by atoms with van der Waals surface area (Å²) >= 11 is 5.90. The van der Waals surface area contributed by atoms with Crippen LogP contribution < -0.4 is 9.47 Å². The zero-order valence-electron chi connectivity index (χ0n) is 10.8. The highest BCUT2D eigenvalue weighted by molar-refractivity contribution is 6.32. The van der Waals surface area contributed by atoms with Crippen molar-refractivity contribution in [2.24, 2.45) is 0 Å². The Labute approximate surface area is 125 Å². The topological polar surface area (TPSA) is 35.5 Å². The summed E-state index contributed by atoms with van der Waals surface area (Å²) in [6.07, 6.45) is 2.65. The Kier molecular flexibility index (Phi) is 3.62. The fourth-order valence-electron chi connectivity index (χ4n) is 1.97. The number of ether oxygens (including phenoxy) is 2.